The summed E-state index contributed by atoms with van der Waals surface area (Å²) >= 11 is 4.43. The van der Waals surface area contributed by atoms with Gasteiger partial charge in [-0.1, -0.05) is 12.1 Å². The molecule has 0 radical (unpaired) electrons. The van der Waals surface area contributed by atoms with Gasteiger partial charge >= 0.3 is 0 Å². The van der Waals surface area contributed by atoms with Gasteiger partial charge < -0.3 is 0 Å². The van der Waals surface area contributed by atoms with Crippen molar-refractivity contribution in [2.75, 3.05) is 4.72 Å². The van der Waals surface area contributed by atoms with Crippen molar-refractivity contribution >= 4 is 43.0 Å². The third kappa shape index (κ3) is 2.60. The molecule has 0 amide bonds. The molecule has 1 N–H and O–H groups in total. The van der Waals surface area contributed by atoms with Crippen LogP contribution < -0.4 is 4.72 Å². The first-order valence-corrected chi connectivity index (χ1v) is 8.39. The molecule has 0 spiro atoms. The zero-order valence-corrected chi connectivity index (χ0v) is 13.1. The van der Waals surface area contributed by atoms with Gasteiger partial charge in [0.25, 0.3) is 10.0 Å². The molecule has 0 fully saturated rings. The zero-order chi connectivity index (χ0) is 13.3. The minimum atomic E-state index is -3.52. The highest BCUT2D eigenvalue weighted by atomic mass is 79.9. The lowest BCUT2D eigenvalue weighted by molar-refractivity contribution is 0.603. The van der Waals surface area contributed by atoms with Gasteiger partial charge in [0.15, 0.2) is 4.21 Å². The van der Waals surface area contributed by atoms with Crippen molar-refractivity contribution in [2.24, 2.45) is 0 Å². The van der Waals surface area contributed by atoms with Crippen LogP contribution in [-0.2, 0) is 10.0 Å². The first-order chi connectivity index (χ1) is 8.42. The molecule has 0 bridgehead atoms. The van der Waals surface area contributed by atoms with E-state index in [1.54, 1.807) is 17.5 Å². The second kappa shape index (κ2) is 5.03. The van der Waals surface area contributed by atoms with Crippen LogP contribution in [0.3, 0.4) is 0 Å². The van der Waals surface area contributed by atoms with E-state index in [0.717, 1.165) is 11.1 Å². The summed E-state index contributed by atoms with van der Waals surface area (Å²) in [7, 11) is -3.52. The Morgan fingerprint density at radius 2 is 1.94 bits per heavy atom. The summed E-state index contributed by atoms with van der Waals surface area (Å²) in [5.74, 6) is 0. The molecular formula is C12H12BrNO2S2. The lowest BCUT2D eigenvalue weighted by atomic mass is 10.1. The Morgan fingerprint density at radius 1 is 1.22 bits per heavy atom. The van der Waals surface area contributed by atoms with E-state index >= 15 is 0 Å². The van der Waals surface area contributed by atoms with Crippen LogP contribution in [0.5, 0.6) is 0 Å². The van der Waals surface area contributed by atoms with E-state index in [4.69, 9.17) is 0 Å². The lowest BCUT2D eigenvalue weighted by Crippen LogP contribution is -2.13. The van der Waals surface area contributed by atoms with Gasteiger partial charge in [0, 0.05) is 4.47 Å². The van der Waals surface area contributed by atoms with Crippen LogP contribution >= 0.6 is 27.3 Å². The number of hydrogen-bond acceptors (Lipinski definition) is 3. The number of anilines is 1. The van der Waals surface area contributed by atoms with Crippen molar-refractivity contribution < 1.29 is 8.42 Å². The Kier molecular flexibility index (Phi) is 3.79. The fourth-order valence-electron chi connectivity index (χ4n) is 1.52. The average molecular weight is 346 g/mol. The van der Waals surface area contributed by atoms with Crippen molar-refractivity contribution in [3.05, 3.63) is 45.2 Å². The zero-order valence-electron chi connectivity index (χ0n) is 9.90. The molecule has 6 heteroatoms. The van der Waals surface area contributed by atoms with E-state index in [2.05, 4.69) is 20.7 Å². The summed E-state index contributed by atoms with van der Waals surface area (Å²) < 4.78 is 27.9. The van der Waals surface area contributed by atoms with Crippen molar-refractivity contribution in [3.63, 3.8) is 0 Å². The highest BCUT2D eigenvalue weighted by Gasteiger charge is 2.20. The smallest absolute Gasteiger partial charge is 0.272 e. The standard InChI is InChI=1S/C12H12BrNO2S2/c1-8-4-3-5-11(9(8)2)14-18(15,16)12-10(13)6-7-17-12/h3-7,14H,1-2H3. The summed E-state index contributed by atoms with van der Waals surface area (Å²) in [5.41, 5.74) is 2.62. The Bertz CT molecular complexity index is 677. The van der Waals surface area contributed by atoms with E-state index in [1.165, 1.54) is 11.3 Å². The van der Waals surface area contributed by atoms with Gasteiger partial charge in [0.05, 0.1) is 5.69 Å². The minimum Gasteiger partial charge on any atom is -0.279 e. The third-order valence-corrected chi connectivity index (χ3v) is 6.71. The lowest BCUT2D eigenvalue weighted by Gasteiger charge is -2.11. The quantitative estimate of drug-likeness (QED) is 0.915. The molecule has 0 aliphatic heterocycles. The molecule has 0 saturated carbocycles. The maximum absolute atomic E-state index is 12.2. The Morgan fingerprint density at radius 3 is 2.56 bits per heavy atom. The Hall–Kier alpha value is -0.850. The van der Waals surface area contributed by atoms with Gasteiger partial charge in [0.2, 0.25) is 0 Å². The Labute approximate surface area is 119 Å². The highest BCUT2D eigenvalue weighted by molar-refractivity contribution is 9.10. The molecule has 18 heavy (non-hydrogen) atoms. The molecule has 2 aromatic rings. The predicted molar refractivity (Wildman–Crippen MR) is 78.7 cm³/mol. The van der Waals surface area contributed by atoms with E-state index < -0.39 is 10.0 Å². The average Bonchev–Trinajstić information content (AvgIpc) is 2.72. The predicted octanol–water partition coefficient (Wildman–Crippen LogP) is 3.93. The number of aryl methyl sites for hydroxylation is 1. The number of thiophene rings is 1. The monoisotopic (exact) mass is 345 g/mol. The molecule has 0 aliphatic carbocycles. The van der Waals surface area contributed by atoms with Crippen LogP contribution in [0, 0.1) is 13.8 Å². The van der Waals surface area contributed by atoms with Crippen molar-refractivity contribution in [3.8, 4) is 0 Å². The maximum Gasteiger partial charge on any atom is 0.272 e. The van der Waals surface area contributed by atoms with Crippen molar-refractivity contribution in [2.45, 2.75) is 18.1 Å². The number of hydrogen-bond donors (Lipinski definition) is 1. The minimum absolute atomic E-state index is 0.295. The van der Waals surface area contributed by atoms with E-state index in [1.807, 2.05) is 26.0 Å². The molecule has 0 unspecified atom stereocenters. The molecule has 2 rings (SSSR count). The topological polar surface area (TPSA) is 46.2 Å². The van der Waals surface area contributed by atoms with Gasteiger partial charge in [0.1, 0.15) is 0 Å². The summed E-state index contributed by atoms with van der Waals surface area (Å²) in [5, 5.41) is 1.74. The van der Waals surface area contributed by atoms with Gasteiger partial charge in [-0.15, -0.1) is 11.3 Å². The first kappa shape index (κ1) is 13.6. The first-order valence-electron chi connectivity index (χ1n) is 5.24. The van der Waals surface area contributed by atoms with Crippen LogP contribution in [0.15, 0.2) is 38.3 Å². The van der Waals surface area contributed by atoms with Crippen LogP contribution in [0.1, 0.15) is 11.1 Å². The van der Waals surface area contributed by atoms with Gasteiger partial charge in [-0.05, 0) is 58.4 Å². The largest absolute Gasteiger partial charge is 0.279 e. The van der Waals surface area contributed by atoms with Gasteiger partial charge in [-0.2, -0.15) is 0 Å². The Balaban J connectivity index is 2.40. The molecule has 0 saturated heterocycles. The fourth-order valence-corrected chi connectivity index (χ4v) is 4.99. The molecular weight excluding hydrogens is 334 g/mol. The number of halogens is 1. The second-order valence-electron chi connectivity index (χ2n) is 3.91. The number of nitrogens with one attached hydrogen (secondary N) is 1. The second-order valence-corrected chi connectivity index (χ2v) is 7.56. The number of sulfonamides is 1. The summed E-state index contributed by atoms with van der Waals surface area (Å²) in [6.45, 7) is 3.85. The van der Waals surface area contributed by atoms with Crippen molar-refractivity contribution in [1.82, 2.24) is 0 Å². The third-order valence-electron chi connectivity index (χ3n) is 2.68. The molecule has 1 aromatic carbocycles. The fraction of sp³-hybridized carbons (Fsp3) is 0.167. The van der Waals surface area contributed by atoms with Crippen LogP contribution in [0.25, 0.3) is 0 Å². The summed E-state index contributed by atoms with van der Waals surface area (Å²) in [6.07, 6.45) is 0. The molecule has 3 nitrogen and oxygen atoms in total. The highest BCUT2D eigenvalue weighted by Crippen LogP contribution is 2.30. The van der Waals surface area contributed by atoms with Crippen LogP contribution in [0.2, 0.25) is 0 Å². The van der Waals surface area contributed by atoms with Gasteiger partial charge in [-0.3, -0.25) is 4.72 Å². The molecule has 1 aromatic heterocycles. The SMILES string of the molecule is Cc1cccc(NS(=O)(=O)c2sccc2Br)c1C. The molecule has 0 aliphatic rings. The number of benzene rings is 1. The summed E-state index contributed by atoms with van der Waals surface area (Å²) in [4.78, 5) is 0. The maximum atomic E-state index is 12.2. The van der Waals surface area contributed by atoms with Gasteiger partial charge in [-0.25, -0.2) is 8.42 Å². The van der Waals surface area contributed by atoms with Crippen LogP contribution in [0.4, 0.5) is 5.69 Å². The van der Waals surface area contributed by atoms with Crippen LogP contribution in [-0.4, -0.2) is 8.42 Å². The number of rotatable bonds is 3. The summed E-state index contributed by atoms with van der Waals surface area (Å²) in [6, 6.07) is 7.28. The molecule has 1 heterocycles. The normalized spacial score (nSPS) is 11.5. The molecule has 0 atom stereocenters. The molecule has 96 valence electrons. The van der Waals surface area contributed by atoms with E-state index in [-0.39, 0.29) is 0 Å². The van der Waals surface area contributed by atoms with E-state index in [9.17, 15) is 8.42 Å². The van der Waals surface area contributed by atoms with Crippen molar-refractivity contribution in [1.29, 1.82) is 0 Å². The van der Waals surface area contributed by atoms with E-state index in [0.29, 0.717) is 14.4 Å².